The normalized spacial score (nSPS) is 27.8. The third-order valence-corrected chi connectivity index (χ3v) is 3.61. The van der Waals surface area contributed by atoms with Crippen molar-refractivity contribution in [1.29, 1.82) is 0 Å². The standard InChI is InChI=1S/C11H20N2S/c1-4-6-14-7-5-12-11-8-10(2)13(3)9-11/h1,10-12H,5-9H2,2-3H3. The second-order valence-corrected chi connectivity index (χ2v) is 5.04. The molecule has 1 saturated heterocycles. The first-order chi connectivity index (χ1) is 6.74. The Labute approximate surface area is 91.8 Å². The fraction of sp³-hybridized carbons (Fsp3) is 0.818. The molecule has 0 aliphatic carbocycles. The van der Waals surface area contributed by atoms with Gasteiger partial charge in [0.2, 0.25) is 0 Å². The Morgan fingerprint density at radius 1 is 1.64 bits per heavy atom. The van der Waals surface area contributed by atoms with E-state index in [4.69, 9.17) is 6.42 Å². The van der Waals surface area contributed by atoms with Gasteiger partial charge in [0.25, 0.3) is 0 Å². The maximum atomic E-state index is 5.17. The van der Waals surface area contributed by atoms with E-state index in [1.54, 1.807) is 0 Å². The second kappa shape index (κ2) is 6.34. The highest BCUT2D eigenvalue weighted by Gasteiger charge is 2.24. The molecule has 0 aromatic carbocycles. The van der Waals surface area contributed by atoms with E-state index in [0.29, 0.717) is 6.04 Å². The molecule has 0 amide bonds. The first-order valence-corrected chi connectivity index (χ1v) is 6.34. The zero-order chi connectivity index (χ0) is 10.4. The maximum Gasteiger partial charge on any atom is 0.0545 e. The predicted molar refractivity (Wildman–Crippen MR) is 64.7 cm³/mol. The molecular weight excluding hydrogens is 192 g/mol. The molecule has 1 aliphatic rings. The summed E-state index contributed by atoms with van der Waals surface area (Å²) in [5.74, 6) is 4.60. The Hall–Kier alpha value is -0.170. The van der Waals surface area contributed by atoms with Gasteiger partial charge in [0, 0.05) is 30.9 Å². The number of nitrogens with one attached hydrogen (secondary N) is 1. The van der Waals surface area contributed by atoms with Crippen LogP contribution in [0.2, 0.25) is 0 Å². The summed E-state index contributed by atoms with van der Waals surface area (Å²) in [5, 5.41) is 3.57. The fourth-order valence-electron chi connectivity index (χ4n) is 1.81. The van der Waals surface area contributed by atoms with Crippen molar-refractivity contribution < 1.29 is 0 Å². The Bertz CT molecular complexity index is 190. The van der Waals surface area contributed by atoms with E-state index in [2.05, 4.69) is 30.1 Å². The van der Waals surface area contributed by atoms with Crippen LogP contribution >= 0.6 is 11.8 Å². The lowest BCUT2D eigenvalue weighted by Crippen LogP contribution is -2.33. The van der Waals surface area contributed by atoms with Gasteiger partial charge in [-0.15, -0.1) is 18.2 Å². The summed E-state index contributed by atoms with van der Waals surface area (Å²) in [6.45, 7) is 4.55. The van der Waals surface area contributed by atoms with E-state index in [-0.39, 0.29) is 0 Å². The Morgan fingerprint density at radius 2 is 2.43 bits per heavy atom. The van der Waals surface area contributed by atoms with E-state index >= 15 is 0 Å². The summed E-state index contributed by atoms with van der Waals surface area (Å²) >= 11 is 1.83. The third-order valence-electron chi connectivity index (χ3n) is 2.75. The quantitative estimate of drug-likeness (QED) is 0.541. The van der Waals surface area contributed by atoms with Crippen LogP contribution < -0.4 is 5.32 Å². The van der Waals surface area contributed by atoms with Crippen LogP contribution in [0.5, 0.6) is 0 Å². The van der Waals surface area contributed by atoms with Gasteiger partial charge >= 0.3 is 0 Å². The monoisotopic (exact) mass is 212 g/mol. The molecule has 14 heavy (non-hydrogen) atoms. The molecule has 0 radical (unpaired) electrons. The zero-order valence-electron chi connectivity index (χ0n) is 9.12. The molecule has 1 aliphatic heterocycles. The number of terminal acetylenes is 1. The smallest absolute Gasteiger partial charge is 0.0545 e. The van der Waals surface area contributed by atoms with Crippen LogP contribution in [0.4, 0.5) is 0 Å². The Kier molecular flexibility index (Phi) is 5.39. The summed E-state index contributed by atoms with van der Waals surface area (Å²) in [4.78, 5) is 2.41. The minimum absolute atomic E-state index is 0.682. The van der Waals surface area contributed by atoms with Crippen molar-refractivity contribution in [1.82, 2.24) is 10.2 Å². The summed E-state index contributed by atoms with van der Waals surface area (Å²) in [6.07, 6.45) is 6.45. The molecule has 1 N–H and O–H groups in total. The number of thioether (sulfide) groups is 1. The highest BCUT2D eigenvalue weighted by Crippen LogP contribution is 2.14. The lowest BCUT2D eigenvalue weighted by molar-refractivity contribution is 0.327. The van der Waals surface area contributed by atoms with Crippen molar-refractivity contribution in [2.24, 2.45) is 0 Å². The number of rotatable bonds is 5. The molecule has 0 aromatic rings. The number of nitrogens with zero attached hydrogens (tertiary/aromatic N) is 1. The van der Waals surface area contributed by atoms with Gasteiger partial charge in [-0.1, -0.05) is 5.92 Å². The van der Waals surface area contributed by atoms with Crippen LogP contribution in [-0.2, 0) is 0 Å². The van der Waals surface area contributed by atoms with Crippen LogP contribution in [0.25, 0.3) is 0 Å². The molecule has 0 spiro atoms. The molecule has 80 valence electrons. The first kappa shape index (κ1) is 11.9. The molecule has 1 rings (SSSR count). The van der Waals surface area contributed by atoms with Crippen molar-refractivity contribution in [3.63, 3.8) is 0 Å². The number of hydrogen-bond donors (Lipinski definition) is 1. The van der Waals surface area contributed by atoms with Gasteiger partial charge in [-0.25, -0.2) is 0 Å². The van der Waals surface area contributed by atoms with Gasteiger partial charge in [-0.2, -0.15) is 0 Å². The van der Waals surface area contributed by atoms with Crippen molar-refractivity contribution >= 4 is 11.8 Å². The van der Waals surface area contributed by atoms with E-state index in [0.717, 1.165) is 24.1 Å². The minimum atomic E-state index is 0.682. The van der Waals surface area contributed by atoms with E-state index < -0.39 is 0 Å². The highest BCUT2D eigenvalue weighted by molar-refractivity contribution is 7.99. The van der Waals surface area contributed by atoms with Gasteiger partial charge < -0.3 is 10.2 Å². The summed E-state index contributed by atoms with van der Waals surface area (Å²) < 4.78 is 0. The number of likely N-dealkylation sites (tertiary alicyclic amines) is 1. The summed E-state index contributed by atoms with van der Waals surface area (Å²) in [5.41, 5.74) is 0. The topological polar surface area (TPSA) is 15.3 Å². The Morgan fingerprint density at radius 3 is 3.00 bits per heavy atom. The van der Waals surface area contributed by atoms with Gasteiger partial charge in [-0.3, -0.25) is 0 Å². The second-order valence-electron chi connectivity index (χ2n) is 3.93. The van der Waals surface area contributed by atoms with Crippen molar-refractivity contribution in [2.45, 2.75) is 25.4 Å². The molecule has 1 fully saturated rings. The largest absolute Gasteiger partial charge is 0.312 e. The van der Waals surface area contributed by atoms with Crippen molar-refractivity contribution in [2.75, 3.05) is 31.6 Å². The number of likely N-dealkylation sites (N-methyl/N-ethyl adjacent to an activating group) is 1. The van der Waals surface area contributed by atoms with Gasteiger partial charge in [-0.05, 0) is 20.4 Å². The molecule has 0 bridgehead atoms. The van der Waals surface area contributed by atoms with Crippen LogP contribution in [0.15, 0.2) is 0 Å². The van der Waals surface area contributed by atoms with Crippen molar-refractivity contribution in [3.8, 4) is 12.3 Å². The predicted octanol–water partition coefficient (Wildman–Crippen LogP) is 1.03. The fourth-order valence-corrected chi connectivity index (χ4v) is 2.33. The van der Waals surface area contributed by atoms with Crippen LogP contribution in [0, 0.1) is 12.3 Å². The van der Waals surface area contributed by atoms with Gasteiger partial charge in [0.15, 0.2) is 0 Å². The molecule has 2 atom stereocenters. The maximum absolute atomic E-state index is 5.17. The molecular formula is C11H20N2S. The van der Waals surface area contributed by atoms with Crippen LogP contribution in [-0.4, -0.2) is 48.6 Å². The molecule has 2 unspecified atom stereocenters. The molecule has 0 aromatic heterocycles. The highest BCUT2D eigenvalue weighted by atomic mass is 32.2. The van der Waals surface area contributed by atoms with E-state index in [1.165, 1.54) is 13.0 Å². The van der Waals surface area contributed by atoms with Gasteiger partial charge in [0.05, 0.1) is 5.75 Å². The molecule has 1 heterocycles. The molecule has 2 nitrogen and oxygen atoms in total. The summed E-state index contributed by atoms with van der Waals surface area (Å²) in [6, 6.07) is 1.41. The van der Waals surface area contributed by atoms with E-state index in [1.807, 2.05) is 11.8 Å². The third kappa shape index (κ3) is 3.91. The first-order valence-electron chi connectivity index (χ1n) is 5.19. The number of hydrogen-bond acceptors (Lipinski definition) is 3. The van der Waals surface area contributed by atoms with Gasteiger partial charge in [0.1, 0.15) is 0 Å². The van der Waals surface area contributed by atoms with Crippen LogP contribution in [0.1, 0.15) is 13.3 Å². The van der Waals surface area contributed by atoms with E-state index in [9.17, 15) is 0 Å². The molecule has 0 saturated carbocycles. The average Bonchev–Trinajstić information content (AvgIpc) is 2.46. The Balaban J connectivity index is 2.01. The minimum Gasteiger partial charge on any atom is -0.312 e. The van der Waals surface area contributed by atoms with Crippen LogP contribution in [0.3, 0.4) is 0 Å². The average molecular weight is 212 g/mol. The lowest BCUT2D eigenvalue weighted by atomic mass is 10.2. The lowest BCUT2D eigenvalue weighted by Gasteiger charge is -2.13. The zero-order valence-corrected chi connectivity index (χ0v) is 9.94. The summed E-state index contributed by atoms with van der Waals surface area (Å²) in [7, 11) is 2.19. The molecule has 3 heteroatoms. The SMILES string of the molecule is C#CCSCCNC1CC(C)N(C)C1. The van der Waals surface area contributed by atoms with Crippen molar-refractivity contribution in [3.05, 3.63) is 0 Å².